The van der Waals surface area contributed by atoms with Gasteiger partial charge in [-0.1, -0.05) is 75.0 Å². The van der Waals surface area contributed by atoms with Crippen molar-refractivity contribution in [1.82, 2.24) is 0 Å². The maximum atomic E-state index is 12.1. The summed E-state index contributed by atoms with van der Waals surface area (Å²) in [5, 5.41) is 26.9. The molecule has 4 saturated heterocycles. The van der Waals surface area contributed by atoms with Crippen LogP contribution in [-0.2, 0) is 59.5 Å². The number of aliphatic hydroxyl groups excluding tert-OH is 2. The molecule has 3 N–H and O–H groups in total. The molecular weight excluding hydrogens is 928 g/mol. The number of hydrogen-bond donors (Lipinski definition) is 3. The van der Waals surface area contributed by atoms with Crippen molar-refractivity contribution < 1.29 is 92.0 Å². The minimum Gasteiger partial charge on any atom is -1.00 e. The molecule has 2 bridgehead atoms. The van der Waals surface area contributed by atoms with Crippen LogP contribution >= 0.6 is 22.7 Å². The average Bonchev–Trinajstić information content (AvgIpc) is 3.61. The van der Waals surface area contributed by atoms with E-state index in [4.69, 9.17) is 39.3 Å². The largest absolute Gasteiger partial charge is 1.00 e. The number of hydrogen-bond acceptors (Lipinski definition) is 11. The fourth-order valence-corrected chi connectivity index (χ4v) is 11.4. The Morgan fingerprint density at radius 2 is 1.31 bits per heavy atom. The van der Waals surface area contributed by atoms with Crippen LogP contribution in [0.25, 0.3) is 0 Å². The molecule has 1 spiro atoms. The van der Waals surface area contributed by atoms with Gasteiger partial charge in [0.15, 0.2) is 23.3 Å². The highest BCUT2D eigenvalue weighted by Crippen LogP contribution is 2.60. The van der Waals surface area contributed by atoms with Crippen molar-refractivity contribution in [3.8, 4) is 0 Å². The Bertz CT molecular complexity index is 1520. The van der Waals surface area contributed by atoms with Crippen LogP contribution in [-0.4, -0.2) is 64.4 Å². The minimum absolute atomic E-state index is 0. The first-order valence-electron chi connectivity index (χ1n) is 21.7. The smallest absolute Gasteiger partial charge is 0.308 e. The minimum atomic E-state index is -1.03. The summed E-state index contributed by atoms with van der Waals surface area (Å²) in [4.78, 5) is 37.2. The normalized spacial score (nSPS) is 28.0. The van der Waals surface area contributed by atoms with Crippen LogP contribution < -0.4 is 43.1 Å². The number of esters is 1. The molecule has 8 atom stereocenters. The van der Waals surface area contributed by atoms with Gasteiger partial charge in [-0.25, -0.2) is 9.78 Å². The Kier molecular flexibility index (Phi) is 22.4. The number of aliphatic hydroxyl groups is 2. The van der Waals surface area contributed by atoms with Crippen LogP contribution in [0.3, 0.4) is 0 Å². The van der Waals surface area contributed by atoms with Crippen molar-refractivity contribution in [3.05, 3.63) is 32.2 Å². The van der Waals surface area contributed by atoms with Crippen LogP contribution in [0.1, 0.15) is 145 Å². The number of carboxylic acids is 1. The Morgan fingerprint density at radius 1 is 0.780 bits per heavy atom. The summed E-state index contributed by atoms with van der Waals surface area (Å²) < 4.78 is 22.5. The second-order valence-electron chi connectivity index (χ2n) is 17.0. The van der Waals surface area contributed by atoms with Gasteiger partial charge in [0.1, 0.15) is 13.1 Å². The lowest BCUT2D eigenvalue weighted by Crippen LogP contribution is -3.00. The summed E-state index contributed by atoms with van der Waals surface area (Å²) in [5.74, 6) is -1.82. The summed E-state index contributed by atoms with van der Waals surface area (Å²) >= 11 is 3.56. The highest BCUT2D eigenvalue weighted by atomic mass is 79.9. The summed E-state index contributed by atoms with van der Waals surface area (Å²) in [6.07, 6.45) is 16.7. The molecule has 0 unspecified atom stereocenters. The van der Waals surface area contributed by atoms with E-state index < -0.39 is 35.9 Å². The van der Waals surface area contributed by atoms with Gasteiger partial charge in [0.05, 0.1) is 22.6 Å². The first-order chi connectivity index (χ1) is 27.4. The topological polar surface area (TPSA) is 149 Å². The van der Waals surface area contributed by atoms with E-state index in [1.807, 2.05) is 13.8 Å². The van der Waals surface area contributed by atoms with E-state index in [-0.39, 0.29) is 77.8 Å². The van der Waals surface area contributed by atoms with Gasteiger partial charge in [0.2, 0.25) is 23.1 Å². The number of unbranched alkanes of at least 4 members (excludes halogenated alkanes) is 9. The zero-order chi connectivity index (χ0) is 41.0. The number of nitrogens with zero attached hydrogens (tertiary/aromatic N) is 2. The molecule has 1 aliphatic carbocycles. The van der Waals surface area contributed by atoms with Crippen LogP contribution in [0.4, 0.5) is 0 Å². The lowest BCUT2D eigenvalue weighted by Gasteiger charge is -2.59. The van der Waals surface area contributed by atoms with Crippen LogP contribution in [0.15, 0.2) is 11.0 Å². The second-order valence-corrected chi connectivity index (χ2v) is 18.9. The van der Waals surface area contributed by atoms with Gasteiger partial charge < -0.3 is 63.5 Å². The van der Waals surface area contributed by atoms with Crippen molar-refractivity contribution in [2.45, 2.75) is 187 Å². The molecule has 16 heteroatoms. The molecule has 5 fully saturated rings. The van der Waals surface area contributed by atoms with Crippen LogP contribution in [0.5, 0.6) is 0 Å². The van der Waals surface area contributed by atoms with Gasteiger partial charge in [0, 0.05) is 71.0 Å². The first kappa shape index (κ1) is 52.3. The summed E-state index contributed by atoms with van der Waals surface area (Å²) in [6.45, 7) is 13.2. The second kappa shape index (κ2) is 25.3. The molecule has 5 aliphatic rings. The maximum absolute atomic E-state index is 12.1. The van der Waals surface area contributed by atoms with E-state index in [9.17, 15) is 9.59 Å². The quantitative estimate of drug-likeness (QED) is 0.0724. The van der Waals surface area contributed by atoms with Crippen molar-refractivity contribution in [2.24, 2.45) is 23.7 Å². The number of ether oxygens (including phenoxy) is 3. The van der Waals surface area contributed by atoms with Crippen molar-refractivity contribution in [3.63, 3.8) is 0 Å². The molecule has 1 saturated carbocycles. The predicted octanol–water partition coefficient (Wildman–Crippen LogP) is 1.28. The molecule has 2 aromatic heterocycles. The summed E-state index contributed by atoms with van der Waals surface area (Å²) in [7, 11) is 0. The van der Waals surface area contributed by atoms with Gasteiger partial charge in [-0.3, -0.25) is 9.59 Å². The standard InChI is InChI=1S/C24H42N2O2S2.C19H28O8.2BrH/c1-21-23(13-17-27)29-19-25(21)15-11-9-7-5-3-4-6-8-10-12-16-26-20-30-24(14-18-28)22(26)2;1-10-4-5-13-11(2)16(23-15(22)7-6-14(20)21)24-17-19(13)12(10)8-9-18(3,25-17)26-27-19;;/h19-20,27-28H,3-18H2,1-2H3;10-13,16-17H,4-9H2,1-3H3,(H,20,21);2*1H/q+2;;;/p-2/t;10-,11-,12+,13+,16-,17-,18-,19-;;/m.1../s1. The summed E-state index contributed by atoms with van der Waals surface area (Å²) in [6, 6.07) is 0. The number of carbonyl (C=O) groups is 2. The number of thiazole rings is 2. The molecule has 7 rings (SSSR count). The van der Waals surface area contributed by atoms with Gasteiger partial charge in [-0.15, -0.1) is 0 Å². The van der Waals surface area contributed by atoms with E-state index in [2.05, 4.69) is 40.9 Å². The highest BCUT2D eigenvalue weighted by molar-refractivity contribution is 7.09. The third-order valence-corrected chi connectivity index (χ3v) is 15.2. The maximum Gasteiger partial charge on any atom is 0.308 e. The average molecular weight is 999 g/mol. The molecule has 4 aliphatic heterocycles. The molecule has 2 aromatic rings. The van der Waals surface area contributed by atoms with E-state index in [1.54, 1.807) is 22.7 Å². The number of carbonyl (C=O) groups excluding carboxylic acids is 1. The third-order valence-electron chi connectivity index (χ3n) is 12.9. The first-order valence-corrected chi connectivity index (χ1v) is 23.4. The van der Waals surface area contributed by atoms with Gasteiger partial charge in [0.25, 0.3) is 0 Å². The van der Waals surface area contributed by atoms with Gasteiger partial charge >= 0.3 is 11.9 Å². The monoisotopic (exact) mass is 996 g/mol. The van der Waals surface area contributed by atoms with E-state index >= 15 is 0 Å². The molecule has 0 aromatic carbocycles. The highest BCUT2D eigenvalue weighted by Gasteiger charge is 2.69. The zero-order valence-electron chi connectivity index (χ0n) is 35.8. The Labute approximate surface area is 380 Å². The van der Waals surface area contributed by atoms with Crippen molar-refractivity contribution in [1.29, 1.82) is 0 Å². The number of fused-ring (bicyclic) bond motifs is 2. The molecule has 338 valence electrons. The van der Waals surface area contributed by atoms with E-state index in [1.165, 1.54) is 85.4 Å². The number of aromatic nitrogens is 2. The third kappa shape index (κ3) is 13.7. The van der Waals surface area contributed by atoms with Crippen molar-refractivity contribution >= 4 is 34.6 Å². The Morgan fingerprint density at radius 3 is 1.81 bits per heavy atom. The summed E-state index contributed by atoms with van der Waals surface area (Å²) in [5.41, 5.74) is 6.41. The number of aryl methyl sites for hydroxylation is 2. The molecular formula is C43H70Br2N2O10S2. The molecule has 6 heterocycles. The molecule has 0 amide bonds. The Balaban J connectivity index is 0.000000306. The zero-order valence-corrected chi connectivity index (χ0v) is 40.6. The number of carboxylic acid groups (broad SMARTS) is 1. The predicted molar refractivity (Wildman–Crippen MR) is 216 cm³/mol. The van der Waals surface area contributed by atoms with E-state index in [0.717, 1.165) is 45.2 Å². The van der Waals surface area contributed by atoms with Crippen LogP contribution in [0, 0.1) is 37.5 Å². The van der Waals surface area contributed by atoms with Crippen LogP contribution in [0.2, 0.25) is 0 Å². The molecule has 0 radical (unpaired) electrons. The fraction of sp³-hybridized carbons (Fsp3) is 0.814. The Hall–Kier alpha value is -1.08. The molecule has 59 heavy (non-hydrogen) atoms. The van der Waals surface area contributed by atoms with Gasteiger partial charge in [-0.05, 0) is 50.9 Å². The number of halogens is 2. The van der Waals surface area contributed by atoms with Crippen molar-refractivity contribution in [2.75, 3.05) is 13.2 Å². The number of rotatable bonds is 21. The lowest BCUT2D eigenvalue weighted by molar-refractivity contribution is -0.698. The van der Waals surface area contributed by atoms with E-state index in [0.29, 0.717) is 12.3 Å². The molecule has 12 nitrogen and oxygen atoms in total. The number of aliphatic carboxylic acids is 1. The lowest BCUT2D eigenvalue weighted by atomic mass is 9.58. The SMILES string of the molecule is C[C@H]1[C@H](OC(=O)CCC(=O)O)O[C@@H]2O[C@@]3(C)CC[C@H]4[C@H](C)CC[C@@H]1[C@@]24OO3.Cc1c(CCO)sc[n+]1CCCCCCCCCCCC[n+]1csc(CCO)c1C.[Br-].[Br-]. The fourth-order valence-electron chi connectivity index (χ4n) is 9.41. The van der Waals surface area contributed by atoms with Gasteiger partial charge in [-0.2, -0.15) is 9.13 Å².